The number of hydrogen-bond acceptors (Lipinski definition) is 9. The number of nitrogens with two attached hydrogens (primary N) is 1. The summed E-state index contributed by atoms with van der Waals surface area (Å²) < 4.78 is 36.2. The molecule has 3 fully saturated rings. The molecule has 208 valence electrons. The molecule has 3 amide bonds. The first-order valence-electron chi connectivity index (χ1n) is 12.9. The zero-order chi connectivity index (χ0) is 27.3. The van der Waals surface area contributed by atoms with Gasteiger partial charge in [-0.25, -0.2) is 14.1 Å². The standard InChI is InChI=1S/C24H34N5O8S/c1-38(34,35)29(26-33,13-16-4-2-3-5-16)19-11-20(30)18-14-28(23(19)31,9-8-27(18)24(25)32)12-17-6-7-21-22(10-17)37-15-36-21/h6-7,10,16,18-19,26,33H,2-5,8-9,11-15H2,1H3,(H-,25,32)/q+1/p+1/t18-,19?,28?,29?/m1/s1. The van der Waals surface area contributed by atoms with Gasteiger partial charge in [0.25, 0.3) is 0 Å². The van der Waals surface area contributed by atoms with E-state index in [1.807, 2.05) is 5.59 Å². The highest BCUT2D eigenvalue weighted by Gasteiger charge is 2.63. The Hall–Kier alpha value is -2.78. The predicted molar refractivity (Wildman–Crippen MR) is 132 cm³/mol. The van der Waals surface area contributed by atoms with E-state index in [1.165, 1.54) is 4.90 Å². The van der Waals surface area contributed by atoms with Crippen molar-refractivity contribution in [2.24, 2.45) is 11.7 Å². The van der Waals surface area contributed by atoms with Gasteiger partial charge in [-0.3, -0.25) is 10.0 Å². The van der Waals surface area contributed by atoms with Crippen molar-refractivity contribution in [3.8, 4) is 11.5 Å². The molecule has 0 aromatic heterocycles. The number of ether oxygens (including phenoxy) is 2. The van der Waals surface area contributed by atoms with E-state index in [0.717, 1.165) is 37.5 Å². The second-order valence-corrected chi connectivity index (χ2v) is 13.0. The van der Waals surface area contributed by atoms with Gasteiger partial charge in [0.15, 0.2) is 17.3 Å². The molecule has 3 heterocycles. The Morgan fingerprint density at radius 1 is 1.24 bits per heavy atom. The average Bonchev–Trinajstić information content (AvgIpc) is 3.54. The fourth-order valence-corrected chi connectivity index (χ4v) is 7.89. The van der Waals surface area contributed by atoms with Crippen molar-refractivity contribution < 1.29 is 46.0 Å². The highest BCUT2D eigenvalue weighted by molar-refractivity contribution is 7.85. The number of rotatable bonds is 7. The smallest absolute Gasteiger partial charge is 0.375 e. The van der Waals surface area contributed by atoms with Gasteiger partial charge in [0.05, 0.1) is 19.2 Å². The molecule has 3 aliphatic heterocycles. The van der Waals surface area contributed by atoms with E-state index in [9.17, 15) is 28.0 Å². The number of carbonyl (C=O) groups excluding carboxylic acids is 3. The molecule has 4 N–H and O–H groups in total. The van der Waals surface area contributed by atoms with E-state index >= 15 is 0 Å². The number of carbonyl (C=O) groups is 3. The van der Waals surface area contributed by atoms with E-state index in [2.05, 4.69) is 0 Å². The molecule has 13 nitrogen and oxygen atoms in total. The van der Waals surface area contributed by atoms with E-state index in [4.69, 9.17) is 15.2 Å². The second-order valence-electron chi connectivity index (χ2n) is 10.9. The Morgan fingerprint density at radius 3 is 2.61 bits per heavy atom. The number of Topliss-reactive ketones (excluding diaryl/α,β-unsaturated/α-hetero) is 1. The van der Waals surface area contributed by atoms with Gasteiger partial charge in [-0.05, 0) is 36.6 Å². The van der Waals surface area contributed by atoms with Crippen LogP contribution in [0, 0.1) is 5.92 Å². The van der Waals surface area contributed by atoms with Crippen molar-refractivity contribution in [2.75, 3.05) is 39.2 Å². The average molecular weight is 554 g/mol. The SMILES string of the molecule is CS(=O)(=O)[N+](CC1CCCC1)(NO)C1CC(=O)[C@H]2C[N+](Cc3ccc4c(c3)OCO4)(CCN2C(N)=O)C1=O. The minimum atomic E-state index is -4.15. The van der Waals surface area contributed by atoms with E-state index in [1.54, 1.807) is 18.2 Å². The fraction of sp³-hybridized carbons (Fsp3) is 0.625. The van der Waals surface area contributed by atoms with Crippen LogP contribution in [0.1, 0.15) is 37.7 Å². The number of ketones is 1. The van der Waals surface area contributed by atoms with Crippen molar-refractivity contribution >= 4 is 27.7 Å². The second kappa shape index (κ2) is 9.75. The quantitative estimate of drug-likeness (QED) is 0.316. The van der Waals surface area contributed by atoms with Gasteiger partial charge in [-0.1, -0.05) is 12.8 Å². The van der Waals surface area contributed by atoms with Crippen LogP contribution in [0.25, 0.3) is 0 Å². The number of primary amides is 1. The van der Waals surface area contributed by atoms with Crippen LogP contribution >= 0.6 is 0 Å². The minimum absolute atomic E-state index is 0.0375. The lowest BCUT2D eigenvalue weighted by Crippen LogP contribution is -2.74. The van der Waals surface area contributed by atoms with Crippen LogP contribution in [0.2, 0.25) is 0 Å². The summed E-state index contributed by atoms with van der Waals surface area (Å²) in [5.41, 5.74) is 8.31. The van der Waals surface area contributed by atoms with Crippen LogP contribution in [0.15, 0.2) is 18.2 Å². The summed E-state index contributed by atoms with van der Waals surface area (Å²) in [6, 6.07) is 2.12. The van der Waals surface area contributed by atoms with E-state index in [-0.39, 0.29) is 49.9 Å². The van der Waals surface area contributed by atoms with Crippen molar-refractivity contribution in [1.29, 1.82) is 0 Å². The van der Waals surface area contributed by atoms with E-state index < -0.39 is 50.2 Å². The molecule has 0 spiro atoms. The number of piperazine rings is 1. The number of hydrogen-bond donors (Lipinski definition) is 3. The number of benzene rings is 1. The van der Waals surface area contributed by atoms with Crippen LogP contribution in [-0.4, -0.2) is 96.0 Å². The molecule has 1 aliphatic carbocycles. The van der Waals surface area contributed by atoms with Crippen LogP contribution in [0.4, 0.5) is 4.79 Å². The number of sulfonamides is 1. The van der Waals surface area contributed by atoms with Gasteiger partial charge in [0.1, 0.15) is 32.2 Å². The van der Waals surface area contributed by atoms with Crippen LogP contribution in [0.3, 0.4) is 0 Å². The van der Waals surface area contributed by atoms with Crippen molar-refractivity contribution in [1.82, 2.24) is 10.5 Å². The summed E-state index contributed by atoms with van der Waals surface area (Å²) in [7, 11) is -4.15. The molecular weight excluding hydrogens is 518 g/mol. The number of urea groups is 1. The third-order valence-electron chi connectivity index (χ3n) is 8.66. The molecular formula is C24H35N5O8S+2. The highest BCUT2D eigenvalue weighted by Crippen LogP contribution is 2.38. The molecule has 14 heteroatoms. The predicted octanol–water partition coefficient (Wildman–Crippen LogP) is 0.223. The molecule has 1 saturated carbocycles. The van der Waals surface area contributed by atoms with Gasteiger partial charge in [-0.2, -0.15) is 8.42 Å². The normalized spacial score (nSPS) is 29.3. The molecule has 1 aromatic rings. The molecule has 38 heavy (non-hydrogen) atoms. The Labute approximate surface area is 221 Å². The third-order valence-corrected chi connectivity index (χ3v) is 10.3. The number of quaternary nitrogens is 2. The molecule has 2 saturated heterocycles. The molecule has 0 radical (unpaired) electrons. The van der Waals surface area contributed by atoms with Crippen LogP contribution < -0.4 is 20.8 Å². The molecule has 4 atom stereocenters. The summed E-state index contributed by atoms with van der Waals surface area (Å²) in [5.74, 6) is 0.124. The van der Waals surface area contributed by atoms with Crippen molar-refractivity contribution in [3.05, 3.63) is 23.8 Å². The molecule has 4 aliphatic rings. The highest BCUT2D eigenvalue weighted by atomic mass is 32.2. The maximum Gasteiger partial charge on any atom is 0.375 e. The fourth-order valence-electron chi connectivity index (χ4n) is 6.64. The van der Waals surface area contributed by atoms with Gasteiger partial charge in [-0.15, -0.1) is 4.00 Å². The maximum atomic E-state index is 14.6. The summed E-state index contributed by atoms with van der Waals surface area (Å²) >= 11 is 0. The first-order chi connectivity index (χ1) is 18.0. The lowest BCUT2D eigenvalue weighted by molar-refractivity contribution is -0.928. The minimum Gasteiger partial charge on any atom is -0.454 e. The van der Waals surface area contributed by atoms with Gasteiger partial charge in [0.2, 0.25) is 12.8 Å². The summed E-state index contributed by atoms with van der Waals surface area (Å²) in [6.07, 6.45) is 3.89. The van der Waals surface area contributed by atoms with Crippen LogP contribution in [-0.2, 0) is 26.2 Å². The van der Waals surface area contributed by atoms with Crippen molar-refractivity contribution in [2.45, 2.75) is 50.7 Å². The van der Waals surface area contributed by atoms with Crippen molar-refractivity contribution in [3.63, 3.8) is 0 Å². The zero-order valence-corrected chi connectivity index (χ0v) is 22.2. The molecule has 5 rings (SSSR count). The Kier molecular flexibility index (Phi) is 6.88. The van der Waals surface area contributed by atoms with Gasteiger partial charge in [0, 0.05) is 11.5 Å². The number of fused-ring (bicyclic) bond motifs is 3. The largest absolute Gasteiger partial charge is 0.454 e. The summed E-state index contributed by atoms with van der Waals surface area (Å²) in [4.78, 5) is 41.7. The van der Waals surface area contributed by atoms with Crippen LogP contribution in [0.5, 0.6) is 11.5 Å². The topological polar surface area (TPSA) is 165 Å². The summed E-state index contributed by atoms with van der Waals surface area (Å²) in [5, 5.41) is 10.4. The lowest BCUT2D eigenvalue weighted by Gasteiger charge is -2.46. The molecule has 1 aromatic carbocycles. The lowest BCUT2D eigenvalue weighted by atomic mass is 10.0. The number of nitrogens with zero attached hydrogens (tertiary/aromatic N) is 3. The van der Waals surface area contributed by atoms with Gasteiger partial charge < -0.3 is 20.1 Å². The molecule has 3 unspecified atom stereocenters. The zero-order valence-electron chi connectivity index (χ0n) is 21.4. The maximum absolute atomic E-state index is 14.6. The monoisotopic (exact) mass is 553 g/mol. The number of amides is 3. The first-order valence-corrected chi connectivity index (χ1v) is 14.7. The Bertz CT molecular complexity index is 1250. The summed E-state index contributed by atoms with van der Waals surface area (Å²) in [6.45, 7) is 0.331. The molecule has 2 bridgehead atoms. The van der Waals surface area contributed by atoms with E-state index in [0.29, 0.717) is 11.5 Å². The Morgan fingerprint density at radius 2 is 1.95 bits per heavy atom. The third kappa shape index (κ3) is 4.43. The first kappa shape index (κ1) is 26.8. The Balaban J connectivity index is 1.60. The number of nitrogens with one attached hydrogen (secondary N) is 1. The van der Waals surface area contributed by atoms with Gasteiger partial charge >= 0.3 is 22.0 Å².